The first-order valence-corrected chi connectivity index (χ1v) is 11.7. The zero-order valence-electron chi connectivity index (χ0n) is 19.1. The van der Waals surface area contributed by atoms with Gasteiger partial charge in [0.1, 0.15) is 5.82 Å². The number of carbonyl (C=O) groups is 1. The first kappa shape index (κ1) is 22.4. The molecule has 10 heteroatoms. The molecule has 0 saturated carbocycles. The predicted molar refractivity (Wildman–Crippen MR) is 134 cm³/mol. The summed E-state index contributed by atoms with van der Waals surface area (Å²) in [5.74, 6) is 1.98. The number of para-hydroxylation sites is 2. The average molecular weight is 487 g/mol. The SMILES string of the molecule is COc1cccc(Cn2nccc2NC(=O)c2nc(-c3cccs3)n(-c3ccccc3)n2)c1OC. The molecule has 1 amide bonds. The Morgan fingerprint density at radius 3 is 2.60 bits per heavy atom. The van der Waals surface area contributed by atoms with Crippen LogP contribution in [0.15, 0.2) is 78.3 Å². The van der Waals surface area contributed by atoms with Gasteiger partial charge in [-0.2, -0.15) is 5.10 Å². The van der Waals surface area contributed by atoms with E-state index in [4.69, 9.17) is 9.47 Å². The molecule has 0 atom stereocenters. The summed E-state index contributed by atoms with van der Waals surface area (Å²) in [7, 11) is 3.18. The highest BCUT2D eigenvalue weighted by Gasteiger charge is 2.21. The second-order valence-corrected chi connectivity index (χ2v) is 8.41. The van der Waals surface area contributed by atoms with E-state index >= 15 is 0 Å². The Hall–Kier alpha value is -4.44. The maximum Gasteiger partial charge on any atom is 0.296 e. The molecule has 0 spiro atoms. The van der Waals surface area contributed by atoms with Crippen LogP contribution in [-0.2, 0) is 6.54 Å². The van der Waals surface area contributed by atoms with Crippen LogP contribution in [0, 0.1) is 0 Å². The number of ether oxygens (including phenoxy) is 2. The number of rotatable bonds is 8. The molecule has 5 rings (SSSR count). The van der Waals surface area contributed by atoms with Crippen molar-refractivity contribution in [2.45, 2.75) is 6.54 Å². The van der Waals surface area contributed by atoms with Crippen molar-refractivity contribution >= 4 is 23.1 Å². The fourth-order valence-corrected chi connectivity index (χ4v) is 4.40. The zero-order valence-corrected chi connectivity index (χ0v) is 19.9. The molecule has 3 aromatic heterocycles. The largest absolute Gasteiger partial charge is 0.493 e. The van der Waals surface area contributed by atoms with Gasteiger partial charge < -0.3 is 14.8 Å². The zero-order chi connectivity index (χ0) is 24.2. The van der Waals surface area contributed by atoms with Gasteiger partial charge in [0, 0.05) is 11.6 Å². The Labute approximate surface area is 205 Å². The first-order chi connectivity index (χ1) is 17.2. The number of nitrogens with one attached hydrogen (secondary N) is 1. The van der Waals surface area contributed by atoms with Crippen molar-refractivity contribution < 1.29 is 14.3 Å². The Kier molecular flexibility index (Phi) is 6.27. The van der Waals surface area contributed by atoms with Gasteiger partial charge in [0.05, 0.1) is 37.5 Å². The third-order valence-corrected chi connectivity index (χ3v) is 6.18. The second-order valence-electron chi connectivity index (χ2n) is 7.46. The summed E-state index contributed by atoms with van der Waals surface area (Å²) >= 11 is 1.53. The standard InChI is InChI=1S/C25H22N6O3S/c1-33-19-11-6-8-17(22(19)34-2)16-30-21(13-14-26-30)27-25(32)23-28-24(20-12-7-15-35-20)31(29-23)18-9-4-3-5-10-18/h3-15H,16H2,1-2H3,(H,27,32). The van der Waals surface area contributed by atoms with Gasteiger partial charge in [-0.1, -0.05) is 36.4 Å². The molecule has 176 valence electrons. The van der Waals surface area contributed by atoms with Gasteiger partial charge in [0.25, 0.3) is 5.91 Å². The number of amides is 1. The fraction of sp³-hybridized carbons (Fsp3) is 0.120. The maximum absolute atomic E-state index is 13.2. The van der Waals surface area contributed by atoms with Crippen molar-refractivity contribution in [2.75, 3.05) is 19.5 Å². The normalized spacial score (nSPS) is 10.8. The van der Waals surface area contributed by atoms with E-state index in [-0.39, 0.29) is 5.82 Å². The molecule has 0 aliphatic heterocycles. The summed E-state index contributed by atoms with van der Waals surface area (Å²) in [5, 5.41) is 13.7. The number of hydrogen-bond acceptors (Lipinski definition) is 7. The number of thiophene rings is 1. The number of methoxy groups -OCH3 is 2. The molecule has 0 aliphatic carbocycles. The van der Waals surface area contributed by atoms with Gasteiger partial charge in [0.15, 0.2) is 17.3 Å². The van der Waals surface area contributed by atoms with Crippen LogP contribution in [0.5, 0.6) is 11.5 Å². The topological polar surface area (TPSA) is 96.1 Å². The molecule has 0 unspecified atom stereocenters. The van der Waals surface area contributed by atoms with E-state index < -0.39 is 5.91 Å². The minimum absolute atomic E-state index is 0.0592. The minimum Gasteiger partial charge on any atom is -0.493 e. The van der Waals surface area contributed by atoms with Crippen LogP contribution >= 0.6 is 11.3 Å². The van der Waals surface area contributed by atoms with Gasteiger partial charge >= 0.3 is 0 Å². The van der Waals surface area contributed by atoms with Crippen LogP contribution in [0.3, 0.4) is 0 Å². The Bertz CT molecular complexity index is 1440. The summed E-state index contributed by atoms with van der Waals surface area (Å²) in [4.78, 5) is 18.6. The van der Waals surface area contributed by atoms with Crippen LogP contribution in [0.1, 0.15) is 16.2 Å². The third-order valence-electron chi connectivity index (χ3n) is 5.32. The summed E-state index contributed by atoms with van der Waals surface area (Å²) in [6.07, 6.45) is 1.62. The lowest BCUT2D eigenvalue weighted by atomic mass is 10.2. The number of aromatic nitrogens is 5. The summed E-state index contributed by atoms with van der Waals surface area (Å²) in [5.41, 5.74) is 1.68. The van der Waals surface area contributed by atoms with Crippen LogP contribution < -0.4 is 14.8 Å². The molecule has 0 bridgehead atoms. The number of benzene rings is 2. The lowest BCUT2D eigenvalue weighted by Gasteiger charge is -2.14. The molecule has 5 aromatic rings. The second kappa shape index (κ2) is 9.82. The fourth-order valence-electron chi connectivity index (χ4n) is 3.70. The average Bonchev–Trinajstić information content (AvgIpc) is 3.66. The van der Waals surface area contributed by atoms with Gasteiger partial charge in [0.2, 0.25) is 5.82 Å². The predicted octanol–water partition coefficient (Wildman–Crippen LogP) is 4.51. The van der Waals surface area contributed by atoms with Crippen molar-refractivity contribution in [1.82, 2.24) is 24.5 Å². The lowest BCUT2D eigenvalue weighted by molar-refractivity contribution is 0.101. The number of nitrogens with zero attached hydrogens (tertiary/aromatic N) is 5. The van der Waals surface area contributed by atoms with Crippen molar-refractivity contribution in [3.63, 3.8) is 0 Å². The van der Waals surface area contributed by atoms with Gasteiger partial charge in [-0.25, -0.2) is 14.3 Å². The van der Waals surface area contributed by atoms with Crippen molar-refractivity contribution in [1.29, 1.82) is 0 Å². The quantitative estimate of drug-likeness (QED) is 0.347. The highest BCUT2D eigenvalue weighted by Crippen LogP contribution is 2.31. The lowest BCUT2D eigenvalue weighted by Crippen LogP contribution is -2.18. The molecule has 9 nitrogen and oxygen atoms in total. The summed E-state index contributed by atoms with van der Waals surface area (Å²) in [6.45, 7) is 0.370. The Morgan fingerprint density at radius 1 is 1.00 bits per heavy atom. The Balaban J connectivity index is 1.43. The van der Waals surface area contributed by atoms with Crippen molar-refractivity contribution in [3.8, 4) is 27.9 Å². The number of hydrogen-bond donors (Lipinski definition) is 1. The third kappa shape index (κ3) is 4.51. The van der Waals surface area contributed by atoms with E-state index in [1.54, 1.807) is 35.8 Å². The minimum atomic E-state index is -0.433. The van der Waals surface area contributed by atoms with Gasteiger partial charge in [-0.15, -0.1) is 16.4 Å². The molecule has 1 N–H and O–H groups in total. The summed E-state index contributed by atoms with van der Waals surface area (Å²) < 4.78 is 14.3. The molecule has 35 heavy (non-hydrogen) atoms. The molecule has 0 aliphatic rings. The van der Waals surface area contributed by atoms with Crippen LogP contribution in [0.4, 0.5) is 5.82 Å². The van der Waals surface area contributed by atoms with E-state index in [0.717, 1.165) is 16.1 Å². The molecular weight excluding hydrogens is 464 g/mol. The molecule has 3 heterocycles. The number of anilines is 1. The highest BCUT2D eigenvalue weighted by molar-refractivity contribution is 7.13. The first-order valence-electron chi connectivity index (χ1n) is 10.8. The van der Waals surface area contributed by atoms with E-state index in [1.807, 2.05) is 66.0 Å². The smallest absolute Gasteiger partial charge is 0.296 e. The molecule has 0 radical (unpaired) electrons. The Morgan fingerprint density at radius 2 is 1.86 bits per heavy atom. The molecule has 2 aromatic carbocycles. The van der Waals surface area contributed by atoms with E-state index in [2.05, 4.69) is 20.5 Å². The van der Waals surface area contributed by atoms with Crippen LogP contribution in [0.2, 0.25) is 0 Å². The van der Waals surface area contributed by atoms with Crippen LogP contribution in [-0.4, -0.2) is 44.7 Å². The molecule has 0 fully saturated rings. The molecule has 0 saturated heterocycles. The monoisotopic (exact) mass is 486 g/mol. The van der Waals surface area contributed by atoms with Crippen LogP contribution in [0.25, 0.3) is 16.4 Å². The number of carbonyl (C=O) groups excluding carboxylic acids is 1. The summed E-state index contributed by atoms with van der Waals surface area (Å²) in [6, 6.07) is 20.8. The van der Waals surface area contributed by atoms with Gasteiger partial charge in [-0.05, 0) is 29.6 Å². The molecular formula is C25H22N6O3S. The van der Waals surface area contributed by atoms with E-state index in [1.165, 1.54) is 11.3 Å². The van der Waals surface area contributed by atoms with E-state index in [0.29, 0.717) is 29.7 Å². The van der Waals surface area contributed by atoms with Gasteiger partial charge in [-0.3, -0.25) is 4.79 Å². The maximum atomic E-state index is 13.2. The van der Waals surface area contributed by atoms with Crippen molar-refractivity contribution in [3.05, 3.63) is 89.7 Å². The van der Waals surface area contributed by atoms with E-state index in [9.17, 15) is 4.79 Å². The highest BCUT2D eigenvalue weighted by atomic mass is 32.1. The van der Waals surface area contributed by atoms with Crippen molar-refractivity contribution in [2.24, 2.45) is 0 Å².